The fourth-order valence-electron chi connectivity index (χ4n) is 4.83. The molecule has 0 bridgehead atoms. The molecule has 0 fully saturated rings. The molecule has 0 spiro atoms. The zero-order valence-electron chi connectivity index (χ0n) is 21.0. The van der Waals surface area contributed by atoms with Gasteiger partial charge < -0.3 is 11.1 Å². The first kappa shape index (κ1) is 23.2. The van der Waals surface area contributed by atoms with Crippen molar-refractivity contribution in [3.05, 3.63) is 102 Å². The second kappa shape index (κ2) is 9.33. The fourth-order valence-corrected chi connectivity index (χ4v) is 4.83. The van der Waals surface area contributed by atoms with Crippen molar-refractivity contribution in [1.82, 2.24) is 34.3 Å². The second-order valence-corrected chi connectivity index (χ2v) is 9.14. The van der Waals surface area contributed by atoms with E-state index in [-0.39, 0.29) is 23.5 Å². The molecular formula is C29H25N8O+. The van der Waals surface area contributed by atoms with Gasteiger partial charge in [0.05, 0.1) is 23.7 Å². The molecule has 3 N–H and O–H groups in total. The predicted octanol–water partition coefficient (Wildman–Crippen LogP) is 3.10. The van der Waals surface area contributed by atoms with Gasteiger partial charge in [0.2, 0.25) is 11.4 Å². The molecular weight excluding hydrogens is 476 g/mol. The molecule has 1 aliphatic rings. The third kappa shape index (κ3) is 4.08. The number of carbonyl (C=O) groups excluding carboxylic acids is 1. The van der Waals surface area contributed by atoms with Crippen molar-refractivity contribution in [1.29, 1.82) is 0 Å². The third-order valence-corrected chi connectivity index (χ3v) is 6.55. The van der Waals surface area contributed by atoms with Gasteiger partial charge in [-0.15, -0.1) is 0 Å². The number of nitrogens with zero attached hydrogens (tertiary/aromatic N) is 6. The molecule has 0 unspecified atom stereocenters. The summed E-state index contributed by atoms with van der Waals surface area (Å²) in [5.41, 5.74) is 12.8. The molecule has 1 atom stereocenters. The van der Waals surface area contributed by atoms with E-state index in [9.17, 15) is 4.79 Å². The van der Waals surface area contributed by atoms with Crippen molar-refractivity contribution in [2.45, 2.75) is 19.4 Å². The van der Waals surface area contributed by atoms with E-state index < -0.39 is 0 Å². The molecule has 6 rings (SSSR count). The number of aromatic nitrogens is 5. The van der Waals surface area contributed by atoms with Gasteiger partial charge in [-0.1, -0.05) is 42.2 Å². The molecule has 0 saturated carbocycles. The molecule has 9 heteroatoms. The summed E-state index contributed by atoms with van der Waals surface area (Å²) in [5, 5.41) is 11.6. The zero-order chi connectivity index (χ0) is 26.2. The van der Waals surface area contributed by atoms with Crippen LogP contribution in [0.3, 0.4) is 0 Å². The van der Waals surface area contributed by atoms with Gasteiger partial charge in [-0.3, -0.25) is 9.48 Å². The minimum Gasteiger partial charge on any atom is -0.382 e. The van der Waals surface area contributed by atoms with Crippen molar-refractivity contribution in [3.63, 3.8) is 0 Å². The van der Waals surface area contributed by atoms with E-state index >= 15 is 0 Å². The second-order valence-electron chi connectivity index (χ2n) is 9.14. The highest BCUT2D eigenvalue weighted by Gasteiger charge is 2.37. The maximum absolute atomic E-state index is 13.4. The highest BCUT2D eigenvalue weighted by atomic mass is 16.2. The summed E-state index contributed by atoms with van der Waals surface area (Å²) in [6.45, 7) is 1.98. The van der Waals surface area contributed by atoms with Gasteiger partial charge in [0.25, 0.3) is 5.91 Å². The SMILES string of the molecule is C[C@H](NC(=O)c1c(N)nc2cccnn12)C1=[N+](c2ccccc2)c2c(C#Cc3cnn(C)c3)cccc2C1. The van der Waals surface area contributed by atoms with Crippen molar-refractivity contribution >= 4 is 34.5 Å². The van der Waals surface area contributed by atoms with Crippen molar-refractivity contribution in [2.75, 3.05) is 5.73 Å². The number of carbonyl (C=O) groups is 1. The lowest BCUT2D eigenvalue weighted by molar-refractivity contribution is 0.0943. The highest BCUT2D eigenvalue weighted by Crippen LogP contribution is 2.34. The molecule has 0 saturated heterocycles. The van der Waals surface area contributed by atoms with Crippen LogP contribution in [0.4, 0.5) is 17.2 Å². The summed E-state index contributed by atoms with van der Waals surface area (Å²) < 4.78 is 5.40. The first-order chi connectivity index (χ1) is 18.5. The van der Waals surface area contributed by atoms with E-state index in [1.165, 1.54) is 4.52 Å². The minimum atomic E-state index is -0.339. The molecule has 5 aromatic rings. The number of nitrogens with two attached hydrogens (primary N) is 1. The van der Waals surface area contributed by atoms with Crippen molar-refractivity contribution < 1.29 is 4.79 Å². The Balaban J connectivity index is 1.41. The summed E-state index contributed by atoms with van der Waals surface area (Å²) in [6, 6.07) is 19.5. The summed E-state index contributed by atoms with van der Waals surface area (Å²) in [4.78, 5) is 17.7. The van der Waals surface area contributed by atoms with Gasteiger partial charge >= 0.3 is 0 Å². The average Bonchev–Trinajstić information content (AvgIpc) is 3.62. The lowest BCUT2D eigenvalue weighted by atomic mass is 10.0. The molecule has 186 valence electrons. The first-order valence-electron chi connectivity index (χ1n) is 12.2. The number of para-hydroxylation sites is 2. The number of benzene rings is 2. The molecule has 38 heavy (non-hydrogen) atoms. The molecule has 9 nitrogen and oxygen atoms in total. The van der Waals surface area contributed by atoms with Crippen LogP contribution in [0.5, 0.6) is 0 Å². The average molecular weight is 502 g/mol. The number of rotatable bonds is 4. The summed E-state index contributed by atoms with van der Waals surface area (Å²) >= 11 is 0. The number of fused-ring (bicyclic) bond motifs is 2. The number of aryl methyl sites for hydroxylation is 1. The maximum atomic E-state index is 13.4. The van der Waals surface area contributed by atoms with Crippen LogP contribution in [0.1, 0.15) is 34.1 Å². The molecule has 3 aromatic heterocycles. The van der Waals surface area contributed by atoms with Crippen molar-refractivity contribution in [3.8, 4) is 11.8 Å². The Morgan fingerprint density at radius 2 is 1.92 bits per heavy atom. The molecule has 2 aromatic carbocycles. The lowest BCUT2D eigenvalue weighted by Crippen LogP contribution is -2.42. The Labute approximate surface area is 219 Å². The van der Waals surface area contributed by atoms with Gasteiger partial charge in [0.15, 0.2) is 22.9 Å². The largest absolute Gasteiger partial charge is 0.382 e. The van der Waals surface area contributed by atoms with E-state index in [0.717, 1.165) is 33.8 Å². The van der Waals surface area contributed by atoms with Crippen LogP contribution in [0.2, 0.25) is 0 Å². The number of hydrogen-bond donors (Lipinski definition) is 2. The molecule has 4 heterocycles. The van der Waals surface area contributed by atoms with Crippen LogP contribution in [-0.2, 0) is 13.5 Å². The summed E-state index contributed by atoms with van der Waals surface area (Å²) in [7, 11) is 1.87. The van der Waals surface area contributed by atoms with Crippen LogP contribution in [0.15, 0.2) is 79.3 Å². The van der Waals surface area contributed by atoms with Crippen LogP contribution < -0.4 is 15.6 Å². The Morgan fingerprint density at radius 1 is 1.08 bits per heavy atom. The number of nitrogens with one attached hydrogen (secondary N) is 1. The van der Waals surface area contributed by atoms with Crippen LogP contribution >= 0.6 is 0 Å². The number of nitrogen functional groups attached to an aromatic ring is 1. The highest BCUT2D eigenvalue weighted by molar-refractivity contribution is 6.05. The van der Waals surface area contributed by atoms with Crippen LogP contribution in [0.25, 0.3) is 5.65 Å². The van der Waals surface area contributed by atoms with Gasteiger partial charge in [0.1, 0.15) is 6.04 Å². The number of anilines is 1. The Morgan fingerprint density at radius 3 is 2.71 bits per heavy atom. The first-order valence-corrected chi connectivity index (χ1v) is 12.2. The standard InChI is InChI=1S/C29H24N8O/c1-19(33-29(38)27-28(30)34-25-12-7-15-31-37(25)27)24-16-22-9-6-8-21(14-13-20-17-32-35(2)18-20)26(22)36(24)23-10-4-3-5-11-23/h3-12,15,17-19H,16H2,1-2H3,(H2-,30,33,38)/p+1/t19-/m0/s1. The van der Waals surface area contributed by atoms with Gasteiger partial charge in [-0.2, -0.15) is 14.8 Å². The van der Waals surface area contributed by atoms with E-state index in [0.29, 0.717) is 12.1 Å². The fraction of sp³-hybridized carbons (Fsp3) is 0.138. The number of amides is 1. The van der Waals surface area contributed by atoms with E-state index in [1.54, 1.807) is 29.2 Å². The Bertz CT molecular complexity index is 1790. The maximum Gasteiger partial charge on any atom is 0.274 e. The topological polar surface area (TPSA) is 106 Å². The van der Waals surface area contributed by atoms with Gasteiger partial charge in [0, 0.05) is 37.1 Å². The number of hydrogen-bond acceptors (Lipinski definition) is 5. The summed E-state index contributed by atoms with van der Waals surface area (Å²) in [6.07, 6.45) is 5.90. The van der Waals surface area contributed by atoms with E-state index in [4.69, 9.17) is 5.73 Å². The molecule has 0 aliphatic carbocycles. The monoisotopic (exact) mass is 501 g/mol. The van der Waals surface area contributed by atoms with Crippen molar-refractivity contribution in [2.24, 2.45) is 7.05 Å². The summed E-state index contributed by atoms with van der Waals surface area (Å²) in [5.74, 6) is 6.38. The molecule has 1 amide bonds. The molecule has 0 radical (unpaired) electrons. The number of imidazole rings is 1. The van der Waals surface area contributed by atoms with Crippen LogP contribution in [0, 0.1) is 11.8 Å². The lowest BCUT2D eigenvalue weighted by Gasteiger charge is -2.13. The molecule has 1 aliphatic heterocycles. The van der Waals surface area contributed by atoms with E-state index in [2.05, 4.69) is 55.1 Å². The van der Waals surface area contributed by atoms with Gasteiger partial charge in [-0.05, 0) is 25.1 Å². The normalized spacial score (nSPS) is 13.2. The van der Waals surface area contributed by atoms with E-state index in [1.807, 2.05) is 50.5 Å². The smallest absolute Gasteiger partial charge is 0.274 e. The quantitative estimate of drug-likeness (QED) is 0.291. The Kier molecular flexibility index (Phi) is 5.69. The minimum absolute atomic E-state index is 0.140. The van der Waals surface area contributed by atoms with Crippen LogP contribution in [-0.4, -0.2) is 42.0 Å². The Hall–Kier alpha value is -5.23. The predicted molar refractivity (Wildman–Crippen MR) is 147 cm³/mol. The zero-order valence-corrected chi connectivity index (χ0v) is 21.0. The van der Waals surface area contributed by atoms with Gasteiger partial charge in [-0.25, -0.2) is 9.50 Å². The third-order valence-electron chi connectivity index (χ3n) is 6.55.